The Morgan fingerprint density at radius 1 is 0.356 bits per heavy atom. The van der Waals surface area contributed by atoms with Crippen LogP contribution in [0.2, 0.25) is 0 Å². The average Bonchev–Trinajstić information content (AvgIpc) is 3.62. The topological polar surface area (TPSA) is 108 Å². The summed E-state index contributed by atoms with van der Waals surface area (Å²) in [6.07, 6.45) is 101. The van der Waals surface area contributed by atoms with Gasteiger partial charge in [-0.05, 0) is 96.3 Å². The summed E-state index contributed by atoms with van der Waals surface area (Å²) in [6, 6.07) is 0. The Balaban J connectivity index is 4.10. The van der Waals surface area contributed by atoms with E-state index in [2.05, 4.69) is 148 Å². The number of hydrogen-bond acceptors (Lipinski definition) is 7. The van der Waals surface area contributed by atoms with E-state index in [-0.39, 0.29) is 32.0 Å². The summed E-state index contributed by atoms with van der Waals surface area (Å²) in [5, 5.41) is 0. The molecule has 0 bridgehead atoms. The van der Waals surface area contributed by atoms with Crippen molar-refractivity contribution in [3.05, 3.63) is 134 Å². The van der Waals surface area contributed by atoms with Gasteiger partial charge < -0.3 is 18.9 Å². The fraction of sp³-hybridized carbons (Fsp3) is 0.700. The van der Waals surface area contributed by atoms with Gasteiger partial charge in [-0.1, -0.05) is 334 Å². The minimum atomic E-state index is -4.40. The molecule has 0 saturated heterocycles. The largest absolute Gasteiger partial charge is 0.472 e. The molecule has 0 rings (SSSR count). The number of phosphoric acid groups is 1. The Labute approximate surface area is 555 Å². The highest BCUT2D eigenvalue weighted by Crippen LogP contribution is 2.43. The number of allylic oxidation sites excluding steroid dienone is 22. The summed E-state index contributed by atoms with van der Waals surface area (Å²) >= 11 is 0. The molecule has 0 aromatic heterocycles. The number of nitrogens with zero attached hydrogens (tertiary/aromatic N) is 1. The van der Waals surface area contributed by atoms with Crippen LogP contribution in [0.1, 0.15) is 309 Å². The monoisotopic (exact) mass is 1270 g/mol. The van der Waals surface area contributed by atoms with Crippen LogP contribution in [0, 0.1) is 0 Å². The molecule has 90 heavy (non-hydrogen) atoms. The van der Waals surface area contributed by atoms with Gasteiger partial charge in [0.2, 0.25) is 0 Å². The Kier molecular flexibility index (Phi) is 66.5. The highest BCUT2D eigenvalue weighted by Gasteiger charge is 2.27. The van der Waals surface area contributed by atoms with Crippen molar-refractivity contribution in [3.8, 4) is 0 Å². The lowest BCUT2D eigenvalue weighted by atomic mass is 10.0. The van der Waals surface area contributed by atoms with Crippen molar-refractivity contribution in [1.82, 2.24) is 0 Å². The normalized spacial score (nSPS) is 13.9. The van der Waals surface area contributed by atoms with Crippen molar-refractivity contribution in [2.75, 3.05) is 47.5 Å². The molecule has 0 amide bonds. The number of likely N-dealkylation sites (N-methyl/N-ethyl adjacent to an activating group) is 1. The van der Waals surface area contributed by atoms with E-state index >= 15 is 0 Å². The fourth-order valence-corrected chi connectivity index (χ4v) is 10.8. The lowest BCUT2D eigenvalue weighted by molar-refractivity contribution is -0.870. The molecule has 0 heterocycles. The minimum Gasteiger partial charge on any atom is -0.462 e. The summed E-state index contributed by atoms with van der Waals surface area (Å²) in [4.78, 5) is 35.9. The third-order valence-corrected chi connectivity index (χ3v) is 16.7. The summed E-state index contributed by atoms with van der Waals surface area (Å²) in [7, 11) is 1.46. The standard InChI is InChI=1S/C80H138NO8P/c1-6-8-10-12-14-16-18-20-22-24-26-28-30-32-33-34-35-36-37-38-39-40-41-42-43-44-45-46-47-49-51-53-55-57-59-61-63-65-67-69-71-73-80(83)89-78(77-88-90(84,85)87-75-74-81(3,4)5)76-86-79(82)72-70-68-66-64-62-60-58-56-54-52-50-48-31-29-27-25-23-21-19-17-15-13-11-9-7-2/h8,10,14,16,20,22,26,28,32-33,35-36,38-39,41-42,44-45,47,49,53,55,78H,6-7,9,11-13,15,17-19,21,23-25,27,29-31,34,37,40,43,46,48,50-52,54,56-77H2,1-5H3/p+1/b10-8-,16-14-,22-20-,28-26-,33-32-,36-35-,39-38-,42-41-,45-44-,49-47-,55-53-. The first-order chi connectivity index (χ1) is 44.0. The van der Waals surface area contributed by atoms with E-state index in [4.69, 9.17) is 18.5 Å². The molecule has 0 fully saturated rings. The highest BCUT2D eigenvalue weighted by molar-refractivity contribution is 7.47. The molecular weight excluding hydrogens is 1130 g/mol. The smallest absolute Gasteiger partial charge is 0.462 e. The average molecular weight is 1270 g/mol. The second-order valence-electron chi connectivity index (χ2n) is 25.6. The van der Waals surface area contributed by atoms with Crippen LogP contribution in [0.3, 0.4) is 0 Å². The predicted molar refractivity (Wildman–Crippen MR) is 390 cm³/mol. The van der Waals surface area contributed by atoms with Gasteiger partial charge in [-0.25, -0.2) is 4.57 Å². The van der Waals surface area contributed by atoms with E-state index in [1.54, 1.807) is 0 Å². The van der Waals surface area contributed by atoms with Gasteiger partial charge in [0.05, 0.1) is 27.7 Å². The first-order valence-corrected chi connectivity index (χ1v) is 38.4. The molecule has 0 saturated carbocycles. The number of phosphoric ester groups is 1. The number of ether oxygens (including phenoxy) is 2. The molecule has 9 nitrogen and oxygen atoms in total. The van der Waals surface area contributed by atoms with Crippen LogP contribution in [-0.4, -0.2) is 74.9 Å². The number of rotatable bonds is 67. The van der Waals surface area contributed by atoms with Crippen molar-refractivity contribution < 1.29 is 42.1 Å². The Hall–Kier alpha value is -3.85. The number of unbranched alkanes of at least 4 members (excludes halogenated alkanes) is 31. The van der Waals surface area contributed by atoms with Crippen LogP contribution in [0.25, 0.3) is 0 Å². The van der Waals surface area contributed by atoms with Gasteiger partial charge in [-0.2, -0.15) is 0 Å². The van der Waals surface area contributed by atoms with Crippen molar-refractivity contribution >= 4 is 19.8 Å². The van der Waals surface area contributed by atoms with Crippen LogP contribution >= 0.6 is 7.82 Å². The molecule has 0 spiro atoms. The molecule has 0 aromatic rings. The first-order valence-electron chi connectivity index (χ1n) is 36.9. The van der Waals surface area contributed by atoms with E-state index < -0.39 is 26.5 Å². The van der Waals surface area contributed by atoms with Crippen LogP contribution < -0.4 is 0 Å². The van der Waals surface area contributed by atoms with Crippen molar-refractivity contribution in [2.24, 2.45) is 0 Å². The van der Waals surface area contributed by atoms with E-state index in [9.17, 15) is 19.0 Å². The molecule has 1 N–H and O–H groups in total. The third kappa shape index (κ3) is 73.2. The SMILES string of the molecule is CC/C=C\C/C=C\C/C=C\C/C=C\C/C=C\C/C=C\C/C=C\C/C=C\C/C=C\C/C=C\C/C=C\CCCCCCCCCC(=O)OC(COC(=O)CCCCCCCCCCCCCCCCCCCCCCCCCCC)COP(=O)(O)OCC[N+](C)(C)C. The summed E-state index contributed by atoms with van der Waals surface area (Å²) < 4.78 is 34.7. The zero-order valence-corrected chi connectivity index (χ0v) is 59.7. The summed E-state index contributed by atoms with van der Waals surface area (Å²) in [5.74, 6) is -0.805. The summed E-state index contributed by atoms with van der Waals surface area (Å²) in [5.41, 5.74) is 0. The van der Waals surface area contributed by atoms with E-state index in [0.29, 0.717) is 17.4 Å². The maximum Gasteiger partial charge on any atom is 0.472 e. The molecule has 10 heteroatoms. The molecule has 0 aliphatic carbocycles. The van der Waals surface area contributed by atoms with Gasteiger partial charge in [0, 0.05) is 12.8 Å². The Morgan fingerprint density at radius 2 is 0.633 bits per heavy atom. The van der Waals surface area contributed by atoms with Crippen LogP contribution in [-0.2, 0) is 32.7 Å². The zero-order chi connectivity index (χ0) is 65.5. The first kappa shape index (κ1) is 86.2. The van der Waals surface area contributed by atoms with E-state index in [0.717, 1.165) is 116 Å². The molecule has 0 radical (unpaired) electrons. The highest BCUT2D eigenvalue weighted by atomic mass is 31.2. The molecule has 2 atom stereocenters. The maximum absolute atomic E-state index is 12.9. The second kappa shape index (κ2) is 69.5. The number of esters is 2. The molecule has 0 aromatic carbocycles. The maximum atomic E-state index is 12.9. The van der Waals surface area contributed by atoms with Gasteiger partial charge in [0.15, 0.2) is 6.10 Å². The summed E-state index contributed by atoms with van der Waals surface area (Å²) in [6.45, 7) is 4.33. The van der Waals surface area contributed by atoms with E-state index in [1.165, 1.54) is 161 Å². The quantitative estimate of drug-likeness (QED) is 0.0211. The van der Waals surface area contributed by atoms with Gasteiger partial charge in [-0.3, -0.25) is 18.6 Å². The zero-order valence-electron chi connectivity index (χ0n) is 58.8. The second-order valence-corrected chi connectivity index (χ2v) is 27.1. The Bertz CT molecular complexity index is 1980. The van der Waals surface area contributed by atoms with Gasteiger partial charge in [-0.15, -0.1) is 0 Å². The van der Waals surface area contributed by atoms with E-state index in [1.807, 2.05) is 21.1 Å². The number of carbonyl (C=O) groups excluding carboxylic acids is 2. The fourth-order valence-electron chi connectivity index (χ4n) is 10.1. The molecular formula is C80H139NO8P+. The number of hydrogen-bond donors (Lipinski definition) is 1. The van der Waals surface area contributed by atoms with Crippen LogP contribution in [0.5, 0.6) is 0 Å². The van der Waals surface area contributed by atoms with Gasteiger partial charge >= 0.3 is 19.8 Å². The van der Waals surface area contributed by atoms with Gasteiger partial charge in [0.25, 0.3) is 0 Å². The van der Waals surface area contributed by atoms with Crippen LogP contribution in [0.15, 0.2) is 134 Å². The lowest BCUT2D eigenvalue weighted by Crippen LogP contribution is -2.37. The Morgan fingerprint density at radius 3 is 0.944 bits per heavy atom. The van der Waals surface area contributed by atoms with Crippen molar-refractivity contribution in [2.45, 2.75) is 315 Å². The molecule has 516 valence electrons. The third-order valence-electron chi connectivity index (χ3n) is 15.7. The lowest BCUT2D eigenvalue weighted by Gasteiger charge is -2.24. The molecule has 0 aliphatic rings. The van der Waals surface area contributed by atoms with Crippen molar-refractivity contribution in [3.63, 3.8) is 0 Å². The number of quaternary nitrogens is 1. The molecule has 0 aliphatic heterocycles. The number of carbonyl (C=O) groups is 2. The molecule has 2 unspecified atom stereocenters. The van der Waals surface area contributed by atoms with Crippen molar-refractivity contribution in [1.29, 1.82) is 0 Å². The minimum absolute atomic E-state index is 0.0249. The van der Waals surface area contributed by atoms with Gasteiger partial charge in [0.1, 0.15) is 19.8 Å². The predicted octanol–water partition coefficient (Wildman–Crippen LogP) is 24.4. The van der Waals surface area contributed by atoms with Crippen LogP contribution in [0.4, 0.5) is 0 Å².